The van der Waals surface area contributed by atoms with Gasteiger partial charge < -0.3 is 10.1 Å². The lowest BCUT2D eigenvalue weighted by Gasteiger charge is -2.36. The molecule has 0 saturated carbocycles. The molecule has 1 saturated heterocycles. The van der Waals surface area contributed by atoms with Crippen molar-refractivity contribution in [2.75, 3.05) is 32.8 Å². The summed E-state index contributed by atoms with van der Waals surface area (Å²) in [7, 11) is 0. The van der Waals surface area contributed by atoms with E-state index in [1.165, 1.54) is 12.4 Å². The largest absolute Gasteiger partial charge is 0.379 e. The summed E-state index contributed by atoms with van der Waals surface area (Å²) in [6.45, 7) is 8.34. The van der Waals surface area contributed by atoms with Crippen LogP contribution in [0.25, 0.3) is 0 Å². The fourth-order valence-corrected chi connectivity index (χ4v) is 2.40. The minimum absolute atomic E-state index is 0.169. The summed E-state index contributed by atoms with van der Waals surface area (Å²) >= 11 is 0. The Bertz CT molecular complexity index is 418. The van der Waals surface area contributed by atoms with Crippen LogP contribution in [0.1, 0.15) is 24.3 Å². The van der Waals surface area contributed by atoms with Crippen molar-refractivity contribution in [3.05, 3.63) is 24.3 Å². The van der Waals surface area contributed by atoms with Crippen molar-refractivity contribution in [3.63, 3.8) is 0 Å². The van der Waals surface area contributed by atoms with Gasteiger partial charge in [-0.2, -0.15) is 0 Å². The zero-order chi connectivity index (χ0) is 14.4. The number of rotatable bonds is 5. The van der Waals surface area contributed by atoms with Crippen LogP contribution in [0.5, 0.6) is 0 Å². The second kappa shape index (κ2) is 7.31. The molecule has 0 unspecified atom stereocenters. The van der Waals surface area contributed by atoms with Crippen LogP contribution in [0, 0.1) is 5.92 Å². The Kier molecular flexibility index (Phi) is 5.43. The van der Waals surface area contributed by atoms with Crippen molar-refractivity contribution in [3.8, 4) is 0 Å². The molecule has 1 aliphatic heterocycles. The van der Waals surface area contributed by atoms with Crippen LogP contribution in [0.15, 0.2) is 18.6 Å². The van der Waals surface area contributed by atoms with Gasteiger partial charge in [0.2, 0.25) is 0 Å². The van der Waals surface area contributed by atoms with Crippen LogP contribution in [0.3, 0.4) is 0 Å². The molecule has 0 bridgehead atoms. The van der Waals surface area contributed by atoms with Crippen molar-refractivity contribution in [2.45, 2.75) is 19.9 Å². The van der Waals surface area contributed by atoms with Crippen LogP contribution in [-0.2, 0) is 4.74 Å². The van der Waals surface area contributed by atoms with Gasteiger partial charge in [0, 0.05) is 38.1 Å². The van der Waals surface area contributed by atoms with Gasteiger partial charge in [0.05, 0.1) is 19.4 Å². The molecule has 1 N–H and O–H groups in total. The third-order valence-corrected chi connectivity index (χ3v) is 3.55. The Morgan fingerprint density at radius 2 is 2.15 bits per heavy atom. The van der Waals surface area contributed by atoms with Gasteiger partial charge in [-0.25, -0.2) is 4.98 Å². The Balaban J connectivity index is 1.90. The maximum Gasteiger partial charge on any atom is 0.271 e. The highest BCUT2D eigenvalue weighted by atomic mass is 16.5. The molecule has 1 aliphatic rings. The number of morpholine rings is 1. The van der Waals surface area contributed by atoms with E-state index < -0.39 is 0 Å². The van der Waals surface area contributed by atoms with Crippen molar-refractivity contribution >= 4 is 5.91 Å². The Labute approximate surface area is 119 Å². The van der Waals surface area contributed by atoms with Gasteiger partial charge in [-0.15, -0.1) is 0 Å². The van der Waals surface area contributed by atoms with Crippen LogP contribution < -0.4 is 5.32 Å². The number of aromatic nitrogens is 2. The van der Waals surface area contributed by atoms with Crippen molar-refractivity contribution < 1.29 is 9.53 Å². The third kappa shape index (κ3) is 3.98. The van der Waals surface area contributed by atoms with E-state index in [4.69, 9.17) is 4.74 Å². The minimum Gasteiger partial charge on any atom is -0.379 e. The van der Waals surface area contributed by atoms with E-state index in [2.05, 4.69) is 34.0 Å². The van der Waals surface area contributed by atoms with E-state index in [1.54, 1.807) is 6.20 Å². The quantitative estimate of drug-likeness (QED) is 0.852. The smallest absolute Gasteiger partial charge is 0.271 e. The average Bonchev–Trinajstić information content (AvgIpc) is 2.49. The van der Waals surface area contributed by atoms with Crippen molar-refractivity contribution in [1.29, 1.82) is 0 Å². The van der Waals surface area contributed by atoms with E-state index in [9.17, 15) is 4.79 Å². The Morgan fingerprint density at radius 3 is 2.75 bits per heavy atom. The van der Waals surface area contributed by atoms with Gasteiger partial charge in [-0.1, -0.05) is 13.8 Å². The summed E-state index contributed by atoms with van der Waals surface area (Å²) in [5.74, 6) is 0.298. The number of amides is 1. The van der Waals surface area contributed by atoms with Crippen LogP contribution in [0.2, 0.25) is 0 Å². The highest BCUT2D eigenvalue weighted by molar-refractivity contribution is 5.91. The average molecular weight is 278 g/mol. The summed E-state index contributed by atoms with van der Waals surface area (Å²) in [4.78, 5) is 22.3. The van der Waals surface area contributed by atoms with Gasteiger partial charge in [0.1, 0.15) is 5.69 Å². The van der Waals surface area contributed by atoms with Crippen molar-refractivity contribution in [1.82, 2.24) is 20.2 Å². The predicted octanol–water partition coefficient (Wildman–Crippen LogP) is 0.563. The van der Waals surface area contributed by atoms with Gasteiger partial charge >= 0.3 is 0 Å². The van der Waals surface area contributed by atoms with Crippen LogP contribution >= 0.6 is 0 Å². The SMILES string of the molecule is CC(C)[C@H](CNC(=O)c1cnccn1)N1CCOCC1. The number of carbonyl (C=O) groups is 1. The maximum atomic E-state index is 12.0. The standard InChI is InChI=1S/C14H22N4O2/c1-11(2)13(18-5-7-20-8-6-18)10-17-14(19)12-9-15-3-4-16-12/h3-4,9,11,13H,5-8,10H2,1-2H3,(H,17,19)/t13-/m0/s1. The second-order valence-electron chi connectivity index (χ2n) is 5.26. The Morgan fingerprint density at radius 1 is 1.40 bits per heavy atom. The molecule has 1 aromatic heterocycles. The number of nitrogens with zero attached hydrogens (tertiary/aromatic N) is 3. The number of carbonyl (C=O) groups excluding carboxylic acids is 1. The molecule has 0 radical (unpaired) electrons. The minimum atomic E-state index is -0.169. The van der Waals surface area contributed by atoms with Gasteiger partial charge in [-0.05, 0) is 5.92 Å². The zero-order valence-electron chi connectivity index (χ0n) is 12.1. The van der Waals surface area contributed by atoms with Gasteiger partial charge in [0.15, 0.2) is 0 Å². The van der Waals surface area contributed by atoms with Crippen LogP contribution in [-0.4, -0.2) is 59.7 Å². The third-order valence-electron chi connectivity index (χ3n) is 3.55. The molecule has 0 aliphatic carbocycles. The lowest BCUT2D eigenvalue weighted by Crippen LogP contribution is -2.51. The second-order valence-corrected chi connectivity index (χ2v) is 5.26. The molecule has 1 aromatic rings. The summed E-state index contributed by atoms with van der Waals surface area (Å²) in [6.07, 6.45) is 4.56. The first kappa shape index (κ1) is 14.9. The van der Waals surface area contributed by atoms with Crippen LogP contribution in [0.4, 0.5) is 0 Å². The van der Waals surface area contributed by atoms with Gasteiger partial charge in [0.25, 0.3) is 5.91 Å². The molecule has 2 heterocycles. The summed E-state index contributed by atoms with van der Waals surface area (Å²) in [5, 5.41) is 2.95. The molecule has 20 heavy (non-hydrogen) atoms. The topological polar surface area (TPSA) is 67.4 Å². The normalized spacial score (nSPS) is 17.9. The van der Waals surface area contributed by atoms with E-state index in [1.807, 2.05) is 0 Å². The molecule has 1 amide bonds. The fraction of sp³-hybridized carbons (Fsp3) is 0.643. The first-order valence-electron chi connectivity index (χ1n) is 7.04. The molecular weight excluding hydrogens is 256 g/mol. The summed E-state index contributed by atoms with van der Waals surface area (Å²) in [5.41, 5.74) is 0.358. The van der Waals surface area contributed by atoms with E-state index in [-0.39, 0.29) is 5.91 Å². The first-order chi connectivity index (χ1) is 9.68. The highest BCUT2D eigenvalue weighted by Crippen LogP contribution is 2.12. The summed E-state index contributed by atoms with van der Waals surface area (Å²) in [6, 6.07) is 0.319. The van der Waals surface area contributed by atoms with Gasteiger partial charge in [-0.3, -0.25) is 14.7 Å². The lowest BCUT2D eigenvalue weighted by atomic mass is 10.0. The van der Waals surface area contributed by atoms with Crippen molar-refractivity contribution in [2.24, 2.45) is 5.92 Å². The summed E-state index contributed by atoms with van der Waals surface area (Å²) < 4.78 is 5.38. The molecule has 2 rings (SSSR count). The molecular formula is C14H22N4O2. The first-order valence-corrected chi connectivity index (χ1v) is 7.04. The molecule has 6 nitrogen and oxygen atoms in total. The monoisotopic (exact) mass is 278 g/mol. The number of nitrogens with one attached hydrogen (secondary N) is 1. The molecule has 0 aromatic carbocycles. The number of hydrogen-bond donors (Lipinski definition) is 1. The number of ether oxygens (including phenoxy) is 1. The molecule has 1 atom stereocenters. The van der Waals surface area contributed by atoms with E-state index >= 15 is 0 Å². The van der Waals surface area contributed by atoms with E-state index in [0.29, 0.717) is 24.2 Å². The maximum absolute atomic E-state index is 12.0. The molecule has 0 spiro atoms. The molecule has 1 fully saturated rings. The zero-order valence-corrected chi connectivity index (χ0v) is 12.1. The Hall–Kier alpha value is -1.53. The highest BCUT2D eigenvalue weighted by Gasteiger charge is 2.24. The lowest BCUT2D eigenvalue weighted by molar-refractivity contribution is 0.00671. The molecule has 6 heteroatoms. The fourth-order valence-electron chi connectivity index (χ4n) is 2.40. The molecule has 110 valence electrons. The predicted molar refractivity (Wildman–Crippen MR) is 75.4 cm³/mol. The number of hydrogen-bond acceptors (Lipinski definition) is 5. The van der Waals surface area contributed by atoms with E-state index in [0.717, 1.165) is 26.3 Å².